The number of amides is 2. The van der Waals surface area contributed by atoms with Crippen LogP contribution in [0.25, 0.3) is 0 Å². The second-order valence-electron chi connectivity index (χ2n) is 7.43. The molecule has 6 heteroatoms. The number of likely N-dealkylation sites (N-methyl/N-ethyl adjacent to an activating group) is 2. The zero-order valence-corrected chi connectivity index (χ0v) is 15.8. The first kappa shape index (κ1) is 18.8. The average molecular weight is 361 g/mol. The number of rotatable bonds is 6. The first-order chi connectivity index (χ1) is 12.4. The van der Waals surface area contributed by atoms with Crippen molar-refractivity contribution in [1.29, 1.82) is 0 Å². The van der Waals surface area contributed by atoms with E-state index in [1.807, 2.05) is 30.7 Å². The van der Waals surface area contributed by atoms with Gasteiger partial charge in [-0.25, -0.2) is 4.39 Å². The maximum atomic E-state index is 14.2. The normalized spacial score (nSPS) is 24.3. The van der Waals surface area contributed by atoms with Crippen molar-refractivity contribution in [3.63, 3.8) is 0 Å². The summed E-state index contributed by atoms with van der Waals surface area (Å²) in [5.74, 6) is -0.320. The summed E-state index contributed by atoms with van der Waals surface area (Å²) in [6, 6.07) is 6.24. The van der Waals surface area contributed by atoms with Gasteiger partial charge in [0.15, 0.2) is 0 Å². The molecule has 1 saturated heterocycles. The number of hydrogen-bond donors (Lipinski definition) is 1. The highest BCUT2D eigenvalue weighted by Crippen LogP contribution is 2.49. The maximum absolute atomic E-state index is 14.2. The Morgan fingerprint density at radius 1 is 1.27 bits per heavy atom. The van der Waals surface area contributed by atoms with E-state index in [1.54, 1.807) is 18.2 Å². The molecule has 2 atom stereocenters. The maximum Gasteiger partial charge on any atom is 0.239 e. The Morgan fingerprint density at radius 3 is 2.50 bits per heavy atom. The van der Waals surface area contributed by atoms with Gasteiger partial charge in [0.25, 0.3) is 0 Å². The Labute approximate surface area is 154 Å². The van der Waals surface area contributed by atoms with Crippen molar-refractivity contribution < 1.29 is 14.0 Å². The fourth-order valence-electron chi connectivity index (χ4n) is 4.06. The number of nitrogens with one attached hydrogen (secondary N) is 1. The summed E-state index contributed by atoms with van der Waals surface area (Å²) in [4.78, 5) is 29.4. The molecule has 0 radical (unpaired) electrons. The molecule has 5 nitrogen and oxygen atoms in total. The van der Waals surface area contributed by atoms with Gasteiger partial charge in [-0.2, -0.15) is 0 Å². The van der Waals surface area contributed by atoms with Gasteiger partial charge in [-0.3, -0.25) is 14.5 Å². The number of nitrogens with zero attached hydrogens (tertiary/aromatic N) is 2. The summed E-state index contributed by atoms with van der Waals surface area (Å²) >= 11 is 0. The number of hydrogen-bond acceptors (Lipinski definition) is 3. The molecule has 1 aromatic rings. The van der Waals surface area contributed by atoms with Gasteiger partial charge in [0, 0.05) is 31.2 Å². The fraction of sp³-hybridized carbons (Fsp3) is 0.600. The van der Waals surface area contributed by atoms with Crippen LogP contribution in [0.5, 0.6) is 0 Å². The van der Waals surface area contributed by atoms with E-state index in [0.717, 1.165) is 0 Å². The van der Waals surface area contributed by atoms with Crippen molar-refractivity contribution in [2.24, 2.45) is 0 Å². The van der Waals surface area contributed by atoms with Crippen LogP contribution in [0.1, 0.15) is 38.7 Å². The summed E-state index contributed by atoms with van der Waals surface area (Å²) < 4.78 is 14.2. The number of halogens is 1. The minimum Gasteiger partial charge on any atom is -0.351 e. The third-order valence-corrected chi connectivity index (χ3v) is 5.82. The van der Waals surface area contributed by atoms with Crippen molar-refractivity contribution in [3.8, 4) is 0 Å². The third-order valence-electron chi connectivity index (χ3n) is 5.82. The van der Waals surface area contributed by atoms with Crippen LogP contribution in [-0.4, -0.2) is 60.4 Å². The predicted molar refractivity (Wildman–Crippen MR) is 98.2 cm³/mol. The van der Waals surface area contributed by atoms with Crippen LogP contribution in [0.3, 0.4) is 0 Å². The molecule has 2 aliphatic rings. The topological polar surface area (TPSA) is 52.7 Å². The average Bonchev–Trinajstić information content (AvgIpc) is 3.35. The predicted octanol–water partition coefficient (Wildman–Crippen LogP) is 1.91. The highest BCUT2D eigenvalue weighted by atomic mass is 19.1. The van der Waals surface area contributed by atoms with E-state index in [0.29, 0.717) is 44.5 Å². The van der Waals surface area contributed by atoms with Crippen molar-refractivity contribution in [1.82, 2.24) is 15.1 Å². The van der Waals surface area contributed by atoms with E-state index in [2.05, 4.69) is 5.32 Å². The van der Waals surface area contributed by atoms with Gasteiger partial charge >= 0.3 is 0 Å². The Hall–Kier alpha value is -1.95. The number of benzene rings is 1. The number of carbonyl (C=O) groups is 2. The number of carbonyl (C=O) groups excluding carboxylic acids is 2. The van der Waals surface area contributed by atoms with Crippen LogP contribution < -0.4 is 5.32 Å². The SMILES string of the molecule is CCN(CC)C(=O)[C@@H]1C[C@H](NC(=O)C2(c3ccccc3F)CC2)CN1C. The Morgan fingerprint density at radius 2 is 1.92 bits per heavy atom. The molecule has 2 amide bonds. The fourth-order valence-corrected chi connectivity index (χ4v) is 4.06. The van der Waals surface area contributed by atoms with E-state index < -0.39 is 5.41 Å². The van der Waals surface area contributed by atoms with E-state index >= 15 is 0 Å². The van der Waals surface area contributed by atoms with Crippen LogP contribution in [0, 0.1) is 5.82 Å². The molecule has 1 heterocycles. The van der Waals surface area contributed by atoms with Crippen molar-refractivity contribution >= 4 is 11.8 Å². The van der Waals surface area contributed by atoms with Gasteiger partial charge in [-0.05, 0) is 46.2 Å². The lowest BCUT2D eigenvalue weighted by Gasteiger charge is -2.26. The molecule has 1 saturated carbocycles. The van der Waals surface area contributed by atoms with E-state index in [-0.39, 0.29) is 29.7 Å². The summed E-state index contributed by atoms with van der Waals surface area (Å²) in [7, 11) is 1.92. The van der Waals surface area contributed by atoms with Gasteiger partial charge < -0.3 is 10.2 Å². The Kier molecular flexibility index (Phi) is 5.32. The molecule has 0 aromatic heterocycles. The van der Waals surface area contributed by atoms with Crippen LogP contribution in [-0.2, 0) is 15.0 Å². The van der Waals surface area contributed by atoms with Gasteiger partial charge in [0.05, 0.1) is 11.5 Å². The lowest BCUT2D eigenvalue weighted by molar-refractivity contribution is -0.135. The molecule has 3 rings (SSSR count). The molecule has 1 N–H and O–H groups in total. The van der Waals surface area contributed by atoms with Crippen molar-refractivity contribution in [2.45, 2.75) is 50.6 Å². The molecule has 1 aliphatic carbocycles. The quantitative estimate of drug-likeness (QED) is 0.842. The smallest absolute Gasteiger partial charge is 0.239 e. The second kappa shape index (κ2) is 7.35. The Bertz CT molecular complexity index is 685. The second-order valence-corrected chi connectivity index (χ2v) is 7.43. The van der Waals surface area contributed by atoms with Crippen molar-refractivity contribution in [2.75, 3.05) is 26.7 Å². The molecule has 0 unspecified atom stereocenters. The Balaban J connectivity index is 1.66. The van der Waals surface area contributed by atoms with Gasteiger partial charge in [0.2, 0.25) is 11.8 Å². The van der Waals surface area contributed by atoms with Crippen LogP contribution in [0.2, 0.25) is 0 Å². The van der Waals surface area contributed by atoms with Crippen LogP contribution in [0.15, 0.2) is 24.3 Å². The minimum atomic E-state index is -0.731. The first-order valence-corrected chi connectivity index (χ1v) is 9.48. The minimum absolute atomic E-state index is 0.0822. The van der Waals surface area contributed by atoms with E-state index in [9.17, 15) is 14.0 Å². The van der Waals surface area contributed by atoms with Gasteiger partial charge in [-0.15, -0.1) is 0 Å². The summed E-state index contributed by atoms with van der Waals surface area (Å²) in [5, 5.41) is 3.08. The zero-order valence-electron chi connectivity index (χ0n) is 15.8. The third kappa shape index (κ3) is 3.34. The molecule has 1 aliphatic heterocycles. The van der Waals surface area contributed by atoms with Crippen molar-refractivity contribution in [3.05, 3.63) is 35.6 Å². The first-order valence-electron chi connectivity index (χ1n) is 9.48. The lowest BCUT2D eigenvalue weighted by atomic mass is 9.94. The van der Waals surface area contributed by atoms with Crippen LogP contribution >= 0.6 is 0 Å². The molecular weight excluding hydrogens is 333 g/mol. The largest absolute Gasteiger partial charge is 0.351 e. The molecule has 2 fully saturated rings. The number of likely N-dealkylation sites (tertiary alicyclic amines) is 1. The summed E-state index contributed by atoms with van der Waals surface area (Å²) in [5.41, 5.74) is -0.246. The summed E-state index contributed by atoms with van der Waals surface area (Å²) in [6.45, 7) is 5.96. The molecule has 142 valence electrons. The van der Waals surface area contributed by atoms with Gasteiger partial charge in [0.1, 0.15) is 5.82 Å². The highest BCUT2D eigenvalue weighted by Gasteiger charge is 2.53. The molecular formula is C20H28FN3O2. The lowest BCUT2D eigenvalue weighted by Crippen LogP contribution is -2.44. The monoisotopic (exact) mass is 361 g/mol. The van der Waals surface area contributed by atoms with Gasteiger partial charge in [-0.1, -0.05) is 18.2 Å². The zero-order chi connectivity index (χ0) is 18.9. The van der Waals surface area contributed by atoms with E-state index in [1.165, 1.54) is 6.07 Å². The molecule has 1 aromatic carbocycles. The summed E-state index contributed by atoms with van der Waals surface area (Å²) in [6.07, 6.45) is 1.94. The molecule has 0 spiro atoms. The molecule has 26 heavy (non-hydrogen) atoms. The van der Waals surface area contributed by atoms with Crippen LogP contribution in [0.4, 0.5) is 4.39 Å². The van der Waals surface area contributed by atoms with E-state index in [4.69, 9.17) is 0 Å². The standard InChI is InChI=1S/C20H28FN3O2/c1-4-24(5-2)18(25)17-12-14(13-23(17)3)22-19(26)20(10-11-20)15-8-6-7-9-16(15)21/h6-9,14,17H,4-5,10-13H2,1-3H3,(H,22,26)/t14-,17-/m0/s1. The highest BCUT2D eigenvalue weighted by molar-refractivity contribution is 5.91. The molecule has 0 bridgehead atoms.